The van der Waals surface area contributed by atoms with E-state index in [1.54, 1.807) is 7.11 Å². The summed E-state index contributed by atoms with van der Waals surface area (Å²) in [6.07, 6.45) is 2.48. The fourth-order valence-electron chi connectivity index (χ4n) is 2.99. The van der Waals surface area contributed by atoms with Gasteiger partial charge in [0.05, 0.1) is 19.2 Å². The summed E-state index contributed by atoms with van der Waals surface area (Å²) in [7, 11) is 5.80. The maximum Gasteiger partial charge on any atom is 0.180 e. The molecule has 1 aromatic carbocycles. The van der Waals surface area contributed by atoms with Gasteiger partial charge in [0.1, 0.15) is 5.75 Å². The molecular formula is C17H26N2O2. The number of likely N-dealkylation sites (tertiary alicyclic amines) is 1. The van der Waals surface area contributed by atoms with Gasteiger partial charge >= 0.3 is 0 Å². The number of methoxy groups -OCH3 is 1. The van der Waals surface area contributed by atoms with Gasteiger partial charge in [-0.15, -0.1) is 0 Å². The summed E-state index contributed by atoms with van der Waals surface area (Å²) in [6.45, 7) is 4.54. The van der Waals surface area contributed by atoms with Crippen LogP contribution in [0.25, 0.3) is 0 Å². The molecule has 1 atom stereocenters. The quantitative estimate of drug-likeness (QED) is 0.752. The smallest absolute Gasteiger partial charge is 0.180 e. The van der Waals surface area contributed by atoms with Crippen LogP contribution in [0.2, 0.25) is 0 Å². The first-order valence-corrected chi connectivity index (χ1v) is 7.58. The Labute approximate surface area is 127 Å². The maximum atomic E-state index is 12.5. The summed E-state index contributed by atoms with van der Waals surface area (Å²) in [4.78, 5) is 17.0. The molecule has 0 N–H and O–H groups in total. The van der Waals surface area contributed by atoms with Crippen LogP contribution in [0.5, 0.6) is 5.75 Å². The predicted molar refractivity (Wildman–Crippen MR) is 85.2 cm³/mol. The van der Waals surface area contributed by atoms with Crippen molar-refractivity contribution in [3.8, 4) is 5.75 Å². The molecule has 0 radical (unpaired) electrons. The topological polar surface area (TPSA) is 32.8 Å². The molecule has 4 heteroatoms. The molecule has 1 heterocycles. The lowest BCUT2D eigenvalue weighted by atomic mass is 10.1. The summed E-state index contributed by atoms with van der Waals surface area (Å²) in [5, 5.41) is 0. The van der Waals surface area contributed by atoms with Crippen molar-refractivity contribution in [1.82, 2.24) is 9.80 Å². The van der Waals surface area contributed by atoms with Crippen molar-refractivity contribution < 1.29 is 9.53 Å². The number of ether oxygens (including phenoxy) is 1. The lowest BCUT2D eigenvalue weighted by molar-refractivity contribution is 0.0929. The summed E-state index contributed by atoms with van der Waals surface area (Å²) in [5.41, 5.74) is 1.78. The largest absolute Gasteiger partial charge is 0.496 e. The zero-order chi connectivity index (χ0) is 15.4. The number of aryl methyl sites for hydroxylation is 1. The van der Waals surface area contributed by atoms with Crippen LogP contribution < -0.4 is 4.74 Å². The molecule has 1 aromatic rings. The van der Waals surface area contributed by atoms with Crippen LogP contribution in [0.15, 0.2) is 18.2 Å². The van der Waals surface area contributed by atoms with Gasteiger partial charge in [-0.05, 0) is 58.1 Å². The Balaban J connectivity index is 1.97. The van der Waals surface area contributed by atoms with Gasteiger partial charge in [0.25, 0.3) is 0 Å². The van der Waals surface area contributed by atoms with Crippen molar-refractivity contribution in [1.29, 1.82) is 0 Å². The van der Waals surface area contributed by atoms with Crippen LogP contribution in [0, 0.1) is 6.92 Å². The van der Waals surface area contributed by atoms with Crippen molar-refractivity contribution in [2.45, 2.75) is 25.8 Å². The normalized spacial score (nSPS) is 19.2. The highest BCUT2D eigenvalue weighted by Gasteiger charge is 2.23. The number of hydrogen-bond donors (Lipinski definition) is 0. The lowest BCUT2D eigenvalue weighted by Gasteiger charge is -2.25. The SMILES string of the molecule is COc1cc(C)ccc1C(=O)CN(C)CC1CCCN1C. The van der Waals surface area contributed by atoms with E-state index in [2.05, 4.69) is 16.8 Å². The van der Waals surface area contributed by atoms with Gasteiger partial charge in [0.15, 0.2) is 5.78 Å². The van der Waals surface area contributed by atoms with Crippen LogP contribution in [0.3, 0.4) is 0 Å². The van der Waals surface area contributed by atoms with E-state index in [4.69, 9.17) is 4.74 Å². The zero-order valence-electron chi connectivity index (χ0n) is 13.6. The van der Waals surface area contributed by atoms with Crippen LogP contribution in [0.1, 0.15) is 28.8 Å². The van der Waals surface area contributed by atoms with Crippen LogP contribution in [-0.4, -0.2) is 62.5 Å². The Morgan fingerprint density at radius 3 is 2.86 bits per heavy atom. The van der Waals surface area contributed by atoms with Gasteiger partial charge in [-0.25, -0.2) is 0 Å². The van der Waals surface area contributed by atoms with Gasteiger partial charge in [-0.3, -0.25) is 9.69 Å². The highest BCUT2D eigenvalue weighted by molar-refractivity contribution is 6.00. The third kappa shape index (κ3) is 4.05. The van der Waals surface area contributed by atoms with Crippen molar-refractivity contribution in [2.24, 2.45) is 0 Å². The second-order valence-corrected chi connectivity index (χ2v) is 6.10. The molecule has 0 aliphatic carbocycles. The van der Waals surface area contributed by atoms with E-state index in [1.165, 1.54) is 12.8 Å². The second kappa shape index (κ2) is 7.05. The highest BCUT2D eigenvalue weighted by Crippen LogP contribution is 2.21. The van der Waals surface area contributed by atoms with E-state index in [-0.39, 0.29) is 5.78 Å². The van der Waals surface area contributed by atoms with Gasteiger partial charge < -0.3 is 9.64 Å². The van der Waals surface area contributed by atoms with Crippen molar-refractivity contribution >= 4 is 5.78 Å². The summed E-state index contributed by atoms with van der Waals surface area (Å²) in [6, 6.07) is 6.31. The van der Waals surface area contributed by atoms with E-state index in [0.29, 0.717) is 23.9 Å². The molecule has 1 unspecified atom stereocenters. The van der Waals surface area contributed by atoms with E-state index < -0.39 is 0 Å². The zero-order valence-corrected chi connectivity index (χ0v) is 13.6. The average molecular weight is 290 g/mol. The molecule has 0 bridgehead atoms. The number of benzene rings is 1. The van der Waals surface area contributed by atoms with Crippen LogP contribution in [0.4, 0.5) is 0 Å². The Kier molecular flexibility index (Phi) is 5.37. The number of Topliss-reactive ketones (excluding diaryl/α,β-unsaturated/α-hetero) is 1. The standard InChI is InChI=1S/C17H26N2O2/c1-13-7-8-15(17(10-13)21-4)16(20)12-18(2)11-14-6-5-9-19(14)3/h7-8,10,14H,5-6,9,11-12H2,1-4H3. The molecule has 1 saturated heterocycles. The molecule has 0 saturated carbocycles. The van der Waals surface area contributed by atoms with Gasteiger partial charge in [0, 0.05) is 12.6 Å². The minimum absolute atomic E-state index is 0.120. The van der Waals surface area contributed by atoms with Crippen LogP contribution in [-0.2, 0) is 0 Å². The first-order chi connectivity index (χ1) is 10.0. The number of likely N-dealkylation sites (N-methyl/N-ethyl adjacent to an activating group) is 2. The Hall–Kier alpha value is -1.39. The maximum absolute atomic E-state index is 12.5. The number of nitrogens with zero attached hydrogens (tertiary/aromatic N) is 2. The molecule has 1 fully saturated rings. The van der Waals surface area contributed by atoms with E-state index >= 15 is 0 Å². The molecule has 1 aliphatic heterocycles. The van der Waals surface area contributed by atoms with Gasteiger partial charge in [-0.2, -0.15) is 0 Å². The first kappa shape index (κ1) is 16.0. The van der Waals surface area contributed by atoms with Crippen LogP contribution >= 0.6 is 0 Å². The Morgan fingerprint density at radius 1 is 1.48 bits per heavy atom. The molecule has 0 aromatic heterocycles. The van der Waals surface area contributed by atoms with E-state index in [9.17, 15) is 4.79 Å². The molecule has 1 aliphatic rings. The number of carbonyl (C=O) groups excluding carboxylic acids is 1. The Bertz CT molecular complexity index is 502. The monoisotopic (exact) mass is 290 g/mol. The third-order valence-electron chi connectivity index (χ3n) is 4.26. The minimum atomic E-state index is 0.120. The van der Waals surface area contributed by atoms with E-state index in [0.717, 1.165) is 18.7 Å². The fourth-order valence-corrected chi connectivity index (χ4v) is 2.99. The Morgan fingerprint density at radius 2 is 2.24 bits per heavy atom. The van der Waals surface area contributed by atoms with Gasteiger partial charge in [0.2, 0.25) is 0 Å². The van der Waals surface area contributed by atoms with E-state index in [1.807, 2.05) is 32.2 Å². The highest BCUT2D eigenvalue weighted by atomic mass is 16.5. The number of ketones is 1. The molecule has 0 spiro atoms. The number of hydrogen-bond acceptors (Lipinski definition) is 4. The first-order valence-electron chi connectivity index (χ1n) is 7.58. The predicted octanol–water partition coefficient (Wildman–Crippen LogP) is 2.21. The third-order valence-corrected chi connectivity index (χ3v) is 4.26. The number of rotatable bonds is 6. The number of carbonyl (C=O) groups is 1. The van der Waals surface area contributed by atoms with Gasteiger partial charge in [-0.1, -0.05) is 6.07 Å². The summed E-state index contributed by atoms with van der Waals surface area (Å²) in [5.74, 6) is 0.793. The molecule has 4 nitrogen and oxygen atoms in total. The summed E-state index contributed by atoms with van der Waals surface area (Å²) < 4.78 is 5.33. The van der Waals surface area contributed by atoms with Crippen molar-refractivity contribution in [3.05, 3.63) is 29.3 Å². The summed E-state index contributed by atoms with van der Waals surface area (Å²) >= 11 is 0. The van der Waals surface area contributed by atoms with Crippen molar-refractivity contribution in [3.63, 3.8) is 0 Å². The molecule has 0 amide bonds. The average Bonchev–Trinajstić information content (AvgIpc) is 2.83. The fraction of sp³-hybridized carbons (Fsp3) is 0.588. The molecular weight excluding hydrogens is 264 g/mol. The lowest BCUT2D eigenvalue weighted by Crippen LogP contribution is -2.38. The molecule has 2 rings (SSSR count). The molecule has 21 heavy (non-hydrogen) atoms. The molecule has 116 valence electrons. The second-order valence-electron chi connectivity index (χ2n) is 6.10. The van der Waals surface area contributed by atoms with Crippen molar-refractivity contribution in [2.75, 3.05) is 40.8 Å². The minimum Gasteiger partial charge on any atom is -0.496 e.